The molecule has 1 heterocycles. The number of aryl methyl sites for hydroxylation is 1. The van der Waals surface area contributed by atoms with Crippen LogP contribution in [0.3, 0.4) is 0 Å². The second-order valence-electron chi connectivity index (χ2n) is 4.85. The number of para-hydroxylation sites is 2. The summed E-state index contributed by atoms with van der Waals surface area (Å²) in [7, 11) is 0. The summed E-state index contributed by atoms with van der Waals surface area (Å²) >= 11 is 3.27. The van der Waals surface area contributed by atoms with E-state index in [0.717, 1.165) is 16.6 Å². The summed E-state index contributed by atoms with van der Waals surface area (Å²) in [6, 6.07) is 12.1. The highest BCUT2D eigenvalue weighted by molar-refractivity contribution is 9.10. The maximum atomic E-state index is 13.5. The van der Waals surface area contributed by atoms with Gasteiger partial charge in [0.25, 0.3) is 5.56 Å². The summed E-state index contributed by atoms with van der Waals surface area (Å²) in [5.41, 5.74) is 2.50. The first-order valence-electron chi connectivity index (χ1n) is 6.46. The van der Waals surface area contributed by atoms with Crippen molar-refractivity contribution in [2.45, 2.75) is 13.5 Å². The van der Waals surface area contributed by atoms with Crippen molar-refractivity contribution in [3.05, 3.63) is 74.4 Å². The predicted molar refractivity (Wildman–Crippen MR) is 83.9 cm³/mol. The van der Waals surface area contributed by atoms with Gasteiger partial charge in [0.05, 0.1) is 17.6 Å². The monoisotopic (exact) mass is 346 g/mol. The summed E-state index contributed by atoms with van der Waals surface area (Å²) in [5.74, 6) is -0.331. The Kier molecular flexibility index (Phi) is 3.59. The van der Waals surface area contributed by atoms with Gasteiger partial charge in [-0.2, -0.15) is 0 Å². The molecule has 0 saturated carbocycles. The number of aromatic nitrogens is 2. The van der Waals surface area contributed by atoms with E-state index in [1.807, 2.05) is 24.3 Å². The molecule has 5 heteroatoms. The smallest absolute Gasteiger partial charge is 0.272 e. The van der Waals surface area contributed by atoms with Crippen molar-refractivity contribution in [2.75, 3.05) is 0 Å². The average molecular weight is 347 g/mol. The Morgan fingerprint density at radius 1 is 1.24 bits per heavy atom. The van der Waals surface area contributed by atoms with Gasteiger partial charge in [-0.15, -0.1) is 0 Å². The number of hydrogen-bond acceptors (Lipinski definition) is 2. The Balaban J connectivity index is 2.20. The minimum atomic E-state index is -0.331. The van der Waals surface area contributed by atoms with Gasteiger partial charge in [-0.25, -0.2) is 9.37 Å². The zero-order valence-corrected chi connectivity index (χ0v) is 12.9. The average Bonchev–Trinajstić information content (AvgIpc) is 2.43. The van der Waals surface area contributed by atoms with E-state index in [1.54, 1.807) is 17.6 Å². The zero-order valence-electron chi connectivity index (χ0n) is 11.3. The second-order valence-corrected chi connectivity index (χ2v) is 5.77. The molecular formula is C16H12BrFN2O. The van der Waals surface area contributed by atoms with E-state index in [9.17, 15) is 9.18 Å². The van der Waals surface area contributed by atoms with Crippen LogP contribution in [0.5, 0.6) is 0 Å². The van der Waals surface area contributed by atoms with Gasteiger partial charge in [-0.05, 0) is 42.8 Å². The first-order chi connectivity index (χ1) is 10.0. The molecule has 106 valence electrons. The highest BCUT2D eigenvalue weighted by Gasteiger charge is 2.09. The summed E-state index contributed by atoms with van der Waals surface area (Å²) in [5, 5.41) is 0. The Hall–Kier alpha value is -2.01. The van der Waals surface area contributed by atoms with Gasteiger partial charge in [0.1, 0.15) is 11.5 Å². The molecule has 0 aliphatic carbocycles. The molecule has 21 heavy (non-hydrogen) atoms. The molecule has 0 saturated heterocycles. The van der Waals surface area contributed by atoms with E-state index in [1.165, 1.54) is 12.1 Å². The van der Waals surface area contributed by atoms with Crippen molar-refractivity contribution in [3.63, 3.8) is 0 Å². The largest absolute Gasteiger partial charge is 0.301 e. The zero-order chi connectivity index (χ0) is 15.0. The molecule has 0 amide bonds. The fraction of sp³-hybridized carbons (Fsp3) is 0.125. The Bertz CT molecular complexity index is 869. The number of nitrogens with zero attached hydrogens (tertiary/aromatic N) is 2. The van der Waals surface area contributed by atoms with Gasteiger partial charge in [0, 0.05) is 4.47 Å². The van der Waals surface area contributed by atoms with Gasteiger partial charge in [0.15, 0.2) is 0 Å². The molecule has 0 bridgehead atoms. The van der Waals surface area contributed by atoms with E-state index in [-0.39, 0.29) is 11.4 Å². The number of benzene rings is 2. The van der Waals surface area contributed by atoms with Gasteiger partial charge in [0.2, 0.25) is 0 Å². The lowest BCUT2D eigenvalue weighted by Crippen LogP contribution is -2.24. The Morgan fingerprint density at radius 3 is 2.76 bits per heavy atom. The van der Waals surface area contributed by atoms with Gasteiger partial charge >= 0.3 is 0 Å². The Morgan fingerprint density at radius 2 is 2.00 bits per heavy atom. The molecule has 0 atom stereocenters. The molecule has 0 radical (unpaired) electrons. The normalized spacial score (nSPS) is 11.0. The Labute approximate surface area is 129 Å². The number of hydrogen-bond donors (Lipinski definition) is 0. The SMILES string of the molecule is Cc1nc2ccccc2n(Cc2cc(F)cc(Br)c2)c1=O. The summed E-state index contributed by atoms with van der Waals surface area (Å²) in [6.07, 6.45) is 0. The third-order valence-corrected chi connectivity index (χ3v) is 3.74. The molecule has 3 nitrogen and oxygen atoms in total. The molecule has 0 aliphatic heterocycles. The topological polar surface area (TPSA) is 34.9 Å². The molecule has 0 spiro atoms. The lowest BCUT2D eigenvalue weighted by Gasteiger charge is -2.11. The van der Waals surface area contributed by atoms with Gasteiger partial charge < -0.3 is 4.57 Å². The fourth-order valence-corrected chi connectivity index (χ4v) is 2.87. The molecule has 1 aromatic heterocycles. The third kappa shape index (κ3) is 2.74. The highest BCUT2D eigenvalue weighted by Crippen LogP contribution is 2.17. The van der Waals surface area contributed by atoms with Crippen LogP contribution in [-0.4, -0.2) is 9.55 Å². The van der Waals surface area contributed by atoms with E-state index < -0.39 is 0 Å². The molecule has 0 aliphatic rings. The number of fused-ring (bicyclic) bond motifs is 1. The maximum Gasteiger partial charge on any atom is 0.272 e. The molecular weight excluding hydrogens is 335 g/mol. The molecule has 0 unspecified atom stereocenters. The predicted octanol–water partition coefficient (Wildman–Crippen LogP) is 3.65. The first-order valence-corrected chi connectivity index (χ1v) is 7.25. The van der Waals surface area contributed by atoms with E-state index in [4.69, 9.17) is 0 Å². The summed E-state index contributed by atoms with van der Waals surface area (Å²) in [6.45, 7) is 1.99. The van der Waals surface area contributed by atoms with Crippen molar-refractivity contribution in [2.24, 2.45) is 0 Å². The standard InChI is InChI=1S/C16H12BrFN2O/c1-10-16(21)20(15-5-3-2-4-14(15)19-10)9-11-6-12(17)8-13(18)7-11/h2-8H,9H2,1H3. The fourth-order valence-electron chi connectivity index (χ4n) is 2.36. The van der Waals surface area contributed by atoms with Crippen molar-refractivity contribution >= 4 is 27.0 Å². The van der Waals surface area contributed by atoms with Crippen molar-refractivity contribution in [1.29, 1.82) is 0 Å². The summed E-state index contributed by atoms with van der Waals surface area (Å²) < 4.78 is 15.8. The highest BCUT2D eigenvalue weighted by atomic mass is 79.9. The lowest BCUT2D eigenvalue weighted by molar-refractivity contribution is 0.622. The molecule has 3 rings (SSSR count). The molecule has 3 aromatic rings. The van der Waals surface area contributed by atoms with Crippen LogP contribution in [0.4, 0.5) is 4.39 Å². The number of rotatable bonds is 2. The van der Waals surface area contributed by atoms with Crippen LogP contribution in [0, 0.1) is 12.7 Å². The van der Waals surface area contributed by atoms with Crippen LogP contribution >= 0.6 is 15.9 Å². The van der Waals surface area contributed by atoms with E-state index in [2.05, 4.69) is 20.9 Å². The van der Waals surface area contributed by atoms with Crippen molar-refractivity contribution < 1.29 is 4.39 Å². The summed E-state index contributed by atoms with van der Waals surface area (Å²) in [4.78, 5) is 16.6. The van der Waals surface area contributed by atoms with Crippen molar-refractivity contribution in [1.82, 2.24) is 9.55 Å². The van der Waals surface area contributed by atoms with Crippen LogP contribution in [0.25, 0.3) is 11.0 Å². The minimum Gasteiger partial charge on any atom is -0.301 e. The van der Waals surface area contributed by atoms with Crippen LogP contribution in [0.2, 0.25) is 0 Å². The molecule has 0 N–H and O–H groups in total. The first kappa shape index (κ1) is 13.9. The van der Waals surface area contributed by atoms with Gasteiger partial charge in [-0.1, -0.05) is 28.1 Å². The van der Waals surface area contributed by atoms with Crippen LogP contribution < -0.4 is 5.56 Å². The van der Waals surface area contributed by atoms with Gasteiger partial charge in [-0.3, -0.25) is 4.79 Å². The minimum absolute atomic E-state index is 0.158. The maximum absolute atomic E-state index is 13.5. The van der Waals surface area contributed by atoms with Crippen molar-refractivity contribution in [3.8, 4) is 0 Å². The second kappa shape index (κ2) is 5.41. The van der Waals surface area contributed by atoms with E-state index >= 15 is 0 Å². The van der Waals surface area contributed by atoms with Crippen LogP contribution in [0.1, 0.15) is 11.3 Å². The molecule has 0 fully saturated rings. The quantitative estimate of drug-likeness (QED) is 0.709. The van der Waals surface area contributed by atoms with Crippen LogP contribution in [0.15, 0.2) is 51.7 Å². The number of halogens is 2. The molecule has 2 aromatic carbocycles. The van der Waals surface area contributed by atoms with E-state index in [0.29, 0.717) is 16.7 Å². The lowest BCUT2D eigenvalue weighted by atomic mass is 10.2. The third-order valence-electron chi connectivity index (χ3n) is 3.28. The van der Waals surface area contributed by atoms with Crippen LogP contribution in [-0.2, 0) is 6.54 Å².